The number of sulfone groups is 1. The Hall–Kier alpha value is -2.87. The van der Waals surface area contributed by atoms with Gasteiger partial charge >= 0.3 is 0 Å². The van der Waals surface area contributed by atoms with E-state index in [2.05, 4.69) is 10.6 Å². The Morgan fingerprint density at radius 2 is 1.75 bits per heavy atom. The summed E-state index contributed by atoms with van der Waals surface area (Å²) < 4.78 is 28.4. The van der Waals surface area contributed by atoms with Gasteiger partial charge in [0.15, 0.2) is 16.4 Å². The highest BCUT2D eigenvalue weighted by molar-refractivity contribution is 7.91. The predicted octanol–water partition coefficient (Wildman–Crippen LogP) is 1.30. The molecule has 0 spiro atoms. The van der Waals surface area contributed by atoms with E-state index in [0.29, 0.717) is 24.3 Å². The van der Waals surface area contributed by atoms with E-state index in [1.807, 2.05) is 30.3 Å². The lowest BCUT2D eigenvalue weighted by atomic mass is 10.1. The molecule has 28 heavy (non-hydrogen) atoms. The highest BCUT2D eigenvalue weighted by Gasteiger charge is 2.29. The van der Waals surface area contributed by atoms with Crippen molar-refractivity contribution in [3.63, 3.8) is 0 Å². The van der Waals surface area contributed by atoms with Crippen LogP contribution in [0.4, 0.5) is 0 Å². The summed E-state index contributed by atoms with van der Waals surface area (Å²) in [4.78, 5) is 24.5. The summed E-state index contributed by atoms with van der Waals surface area (Å²) in [6.45, 7) is 0.0875. The molecule has 1 aliphatic rings. The van der Waals surface area contributed by atoms with Gasteiger partial charge in [-0.15, -0.1) is 0 Å². The first-order chi connectivity index (χ1) is 13.4. The van der Waals surface area contributed by atoms with E-state index in [1.54, 1.807) is 24.3 Å². The van der Waals surface area contributed by atoms with Gasteiger partial charge in [0.25, 0.3) is 11.8 Å². The van der Waals surface area contributed by atoms with Crippen LogP contribution < -0.4 is 15.4 Å². The van der Waals surface area contributed by atoms with Gasteiger partial charge in [-0.2, -0.15) is 0 Å². The van der Waals surface area contributed by atoms with E-state index >= 15 is 0 Å². The van der Waals surface area contributed by atoms with E-state index in [4.69, 9.17) is 4.74 Å². The molecule has 1 aliphatic heterocycles. The number of hydrogen-bond donors (Lipinski definition) is 2. The maximum Gasteiger partial charge on any atom is 0.258 e. The fourth-order valence-electron chi connectivity index (χ4n) is 2.97. The van der Waals surface area contributed by atoms with Crippen molar-refractivity contribution in [2.24, 2.45) is 0 Å². The summed E-state index contributed by atoms with van der Waals surface area (Å²) in [5.74, 6) is -0.383. The minimum Gasteiger partial charge on any atom is -0.483 e. The van der Waals surface area contributed by atoms with Crippen molar-refractivity contribution in [2.75, 3.05) is 18.1 Å². The number of para-hydroxylation sites is 1. The minimum atomic E-state index is -3.06. The second-order valence-corrected chi connectivity index (χ2v) is 8.85. The Kier molecular flexibility index (Phi) is 6.30. The van der Waals surface area contributed by atoms with Gasteiger partial charge in [0.1, 0.15) is 5.75 Å². The minimum absolute atomic E-state index is 0.0444. The third-order valence-electron chi connectivity index (χ3n) is 4.38. The topological polar surface area (TPSA) is 102 Å². The van der Waals surface area contributed by atoms with Crippen molar-refractivity contribution >= 4 is 21.7 Å². The fourth-order valence-corrected chi connectivity index (χ4v) is 4.65. The molecule has 2 N–H and O–H groups in total. The van der Waals surface area contributed by atoms with Crippen molar-refractivity contribution in [3.05, 3.63) is 65.7 Å². The van der Waals surface area contributed by atoms with E-state index in [0.717, 1.165) is 5.56 Å². The lowest BCUT2D eigenvalue weighted by molar-refractivity contribution is -0.123. The first-order valence-corrected chi connectivity index (χ1v) is 10.8. The second kappa shape index (κ2) is 8.88. The Labute approximate surface area is 164 Å². The normalized spacial score (nSPS) is 17.6. The summed E-state index contributed by atoms with van der Waals surface area (Å²) in [6.07, 6.45) is 0.409. The molecule has 1 unspecified atom stereocenters. The number of nitrogens with one attached hydrogen (secondary N) is 2. The summed E-state index contributed by atoms with van der Waals surface area (Å²) in [5.41, 5.74) is 1.30. The number of ether oxygens (including phenoxy) is 1. The van der Waals surface area contributed by atoms with Crippen molar-refractivity contribution < 1.29 is 22.7 Å². The maximum absolute atomic E-state index is 12.5. The monoisotopic (exact) mass is 402 g/mol. The largest absolute Gasteiger partial charge is 0.483 e. The van der Waals surface area contributed by atoms with Gasteiger partial charge in [0, 0.05) is 12.6 Å². The summed E-state index contributed by atoms with van der Waals surface area (Å²) >= 11 is 0. The molecule has 8 heteroatoms. The fraction of sp³-hybridized carbons (Fsp3) is 0.300. The highest BCUT2D eigenvalue weighted by Crippen LogP contribution is 2.18. The first kappa shape index (κ1) is 19.9. The molecule has 148 valence electrons. The molecular formula is C20H22N2O5S. The van der Waals surface area contributed by atoms with Gasteiger partial charge in [-0.25, -0.2) is 8.42 Å². The third-order valence-corrected chi connectivity index (χ3v) is 6.15. The molecule has 0 aliphatic carbocycles. The molecule has 0 bridgehead atoms. The number of carbonyl (C=O) groups excluding carboxylic acids is 2. The molecule has 0 radical (unpaired) electrons. The van der Waals surface area contributed by atoms with Crippen molar-refractivity contribution in [1.82, 2.24) is 10.6 Å². The molecule has 2 amide bonds. The SMILES string of the molecule is O=C(COc1ccccc1C(=O)NCc1ccccc1)NC1CCS(=O)(=O)C1. The van der Waals surface area contributed by atoms with Crippen LogP contribution in [0.15, 0.2) is 54.6 Å². The molecule has 7 nitrogen and oxygen atoms in total. The van der Waals surface area contributed by atoms with Crippen LogP contribution in [0.3, 0.4) is 0 Å². The molecule has 3 rings (SSSR count). The van der Waals surface area contributed by atoms with Crippen molar-refractivity contribution in [3.8, 4) is 5.75 Å². The van der Waals surface area contributed by atoms with Gasteiger partial charge in [-0.05, 0) is 24.1 Å². The molecule has 0 saturated carbocycles. The third kappa shape index (κ3) is 5.56. The van der Waals surface area contributed by atoms with Crippen LogP contribution in [0.25, 0.3) is 0 Å². The Morgan fingerprint density at radius 1 is 1.04 bits per heavy atom. The molecule has 2 aromatic carbocycles. The average molecular weight is 402 g/mol. The molecule has 2 aromatic rings. The van der Waals surface area contributed by atoms with E-state index < -0.39 is 15.7 Å². The summed E-state index contributed by atoms with van der Waals surface area (Å²) in [6, 6.07) is 15.8. The average Bonchev–Trinajstić information content (AvgIpc) is 3.03. The lowest BCUT2D eigenvalue weighted by Gasteiger charge is -2.14. The smallest absolute Gasteiger partial charge is 0.258 e. The molecule has 1 saturated heterocycles. The molecular weight excluding hydrogens is 380 g/mol. The van der Waals surface area contributed by atoms with Crippen LogP contribution in [0, 0.1) is 0 Å². The van der Waals surface area contributed by atoms with Gasteiger partial charge < -0.3 is 15.4 Å². The number of rotatable bonds is 7. The van der Waals surface area contributed by atoms with Crippen LogP contribution >= 0.6 is 0 Å². The standard InChI is InChI=1S/C20H22N2O5S/c23-19(22-16-10-11-28(25,26)14-16)13-27-18-9-5-4-8-17(18)20(24)21-12-15-6-2-1-3-7-15/h1-9,16H,10-14H2,(H,21,24)(H,22,23). The van der Waals surface area contributed by atoms with E-state index in [9.17, 15) is 18.0 Å². The number of carbonyl (C=O) groups is 2. The van der Waals surface area contributed by atoms with Crippen LogP contribution in [0.5, 0.6) is 5.75 Å². The summed E-state index contributed by atoms with van der Waals surface area (Å²) in [5, 5.41) is 5.48. The van der Waals surface area contributed by atoms with Gasteiger partial charge in [0.05, 0.1) is 17.1 Å². The quantitative estimate of drug-likeness (QED) is 0.727. The highest BCUT2D eigenvalue weighted by atomic mass is 32.2. The van der Waals surface area contributed by atoms with E-state index in [1.165, 1.54) is 0 Å². The zero-order chi connectivity index (χ0) is 20.0. The first-order valence-electron chi connectivity index (χ1n) is 8.97. The van der Waals surface area contributed by atoms with E-state index in [-0.39, 0.29) is 30.1 Å². The van der Waals surface area contributed by atoms with Crippen LogP contribution in [0.1, 0.15) is 22.3 Å². The molecule has 1 atom stereocenters. The van der Waals surface area contributed by atoms with Crippen LogP contribution in [0.2, 0.25) is 0 Å². The Bertz CT molecular complexity index is 944. The molecule has 0 aromatic heterocycles. The van der Waals surface area contributed by atoms with Crippen molar-refractivity contribution in [1.29, 1.82) is 0 Å². The van der Waals surface area contributed by atoms with Crippen molar-refractivity contribution in [2.45, 2.75) is 19.0 Å². The maximum atomic E-state index is 12.5. The van der Waals surface area contributed by atoms with Crippen LogP contribution in [-0.2, 0) is 21.2 Å². The van der Waals surface area contributed by atoms with Gasteiger partial charge in [0.2, 0.25) is 0 Å². The zero-order valence-electron chi connectivity index (χ0n) is 15.3. The Morgan fingerprint density at radius 3 is 2.46 bits per heavy atom. The second-order valence-electron chi connectivity index (χ2n) is 6.62. The summed E-state index contributed by atoms with van der Waals surface area (Å²) in [7, 11) is -3.06. The van der Waals surface area contributed by atoms with Gasteiger partial charge in [-0.3, -0.25) is 9.59 Å². The lowest BCUT2D eigenvalue weighted by Crippen LogP contribution is -2.38. The Balaban J connectivity index is 1.54. The molecule has 1 heterocycles. The molecule has 1 fully saturated rings. The number of benzene rings is 2. The predicted molar refractivity (Wildman–Crippen MR) is 105 cm³/mol. The number of amides is 2. The zero-order valence-corrected chi connectivity index (χ0v) is 16.1. The van der Waals surface area contributed by atoms with Crippen LogP contribution in [-0.4, -0.2) is 44.4 Å². The number of hydrogen-bond acceptors (Lipinski definition) is 5. The van der Waals surface area contributed by atoms with Gasteiger partial charge in [-0.1, -0.05) is 42.5 Å².